The van der Waals surface area contributed by atoms with E-state index in [1.165, 1.54) is 9.75 Å². The summed E-state index contributed by atoms with van der Waals surface area (Å²) < 4.78 is 16.7. The van der Waals surface area contributed by atoms with Gasteiger partial charge in [-0.15, -0.1) is 29.1 Å². The molecule has 3 rings (SSSR count). The van der Waals surface area contributed by atoms with Crippen LogP contribution < -0.4 is 4.74 Å². The Labute approximate surface area is 193 Å². The van der Waals surface area contributed by atoms with Crippen LogP contribution in [0.25, 0.3) is 9.75 Å². The number of thiophene rings is 2. The molecule has 0 atom stereocenters. The van der Waals surface area contributed by atoms with E-state index in [4.69, 9.17) is 20.6 Å². The third-order valence-electron chi connectivity index (χ3n) is 4.29. The van der Waals surface area contributed by atoms with Gasteiger partial charge in [0.25, 0.3) is 0 Å². The predicted molar refractivity (Wildman–Crippen MR) is 130 cm³/mol. The van der Waals surface area contributed by atoms with Gasteiger partial charge < -0.3 is 14.2 Å². The van der Waals surface area contributed by atoms with Gasteiger partial charge in [-0.1, -0.05) is 31.1 Å². The zero-order valence-corrected chi connectivity index (χ0v) is 19.3. The molecule has 0 spiro atoms. The first-order chi connectivity index (χ1) is 15.3. The average molecular weight is 451 g/mol. The molecule has 0 saturated carbocycles. The fraction of sp³-hybridized carbons (Fsp3) is 0.308. The van der Waals surface area contributed by atoms with Crippen molar-refractivity contribution in [2.75, 3.05) is 33.0 Å². The lowest BCUT2D eigenvalue weighted by Crippen LogP contribution is -2.11. The highest BCUT2D eigenvalue weighted by molar-refractivity contribution is 7.22. The lowest BCUT2D eigenvalue weighted by molar-refractivity contribution is 0.0356. The summed E-state index contributed by atoms with van der Waals surface area (Å²) in [6.45, 7) is 5.26. The van der Waals surface area contributed by atoms with Gasteiger partial charge in [0.2, 0.25) is 0 Å². The number of ether oxygens (including phenoxy) is 3. The van der Waals surface area contributed by atoms with Crippen molar-refractivity contribution in [3.05, 3.63) is 63.8 Å². The molecule has 31 heavy (non-hydrogen) atoms. The molecule has 0 unspecified atom stereocenters. The Kier molecular flexibility index (Phi) is 9.70. The van der Waals surface area contributed by atoms with Crippen LogP contribution in [-0.4, -0.2) is 33.0 Å². The van der Waals surface area contributed by atoms with Gasteiger partial charge in [0.05, 0.1) is 29.6 Å². The zero-order valence-electron chi connectivity index (χ0n) is 17.7. The van der Waals surface area contributed by atoms with E-state index in [0.717, 1.165) is 40.5 Å². The van der Waals surface area contributed by atoms with E-state index in [1.807, 2.05) is 30.3 Å². The van der Waals surface area contributed by atoms with E-state index in [1.54, 1.807) is 22.7 Å². The molecule has 5 heteroatoms. The summed E-state index contributed by atoms with van der Waals surface area (Å²) in [5, 5.41) is 0. The van der Waals surface area contributed by atoms with E-state index in [2.05, 4.69) is 42.9 Å². The summed E-state index contributed by atoms with van der Waals surface area (Å²) in [5.74, 6) is 9.94. The highest BCUT2D eigenvalue weighted by Gasteiger charge is 2.04. The molecule has 0 bridgehead atoms. The Morgan fingerprint density at radius 1 is 0.742 bits per heavy atom. The second-order valence-corrected chi connectivity index (χ2v) is 8.84. The first-order valence-electron chi connectivity index (χ1n) is 10.4. The summed E-state index contributed by atoms with van der Waals surface area (Å²) in [6.07, 6.45) is 7.70. The van der Waals surface area contributed by atoms with E-state index in [9.17, 15) is 0 Å². The second kappa shape index (κ2) is 13.0. The maximum Gasteiger partial charge on any atom is 0.119 e. The van der Waals surface area contributed by atoms with Crippen molar-refractivity contribution >= 4 is 22.7 Å². The van der Waals surface area contributed by atoms with Crippen molar-refractivity contribution in [1.29, 1.82) is 0 Å². The van der Waals surface area contributed by atoms with Crippen molar-refractivity contribution in [2.24, 2.45) is 0 Å². The minimum atomic E-state index is 0.516. The topological polar surface area (TPSA) is 27.7 Å². The van der Waals surface area contributed by atoms with E-state index < -0.39 is 0 Å². The number of terminal acetylenes is 1. The first kappa shape index (κ1) is 23.1. The molecule has 0 N–H and O–H groups in total. The summed E-state index contributed by atoms with van der Waals surface area (Å²) in [6, 6.07) is 16.0. The molecule has 0 aliphatic heterocycles. The summed E-state index contributed by atoms with van der Waals surface area (Å²) >= 11 is 3.30. The van der Waals surface area contributed by atoms with E-state index in [0.29, 0.717) is 26.4 Å². The molecule has 160 valence electrons. The van der Waals surface area contributed by atoms with Crippen LogP contribution in [-0.2, 0) is 9.47 Å². The zero-order chi connectivity index (χ0) is 21.7. The van der Waals surface area contributed by atoms with Gasteiger partial charge in [0, 0.05) is 21.9 Å². The third kappa shape index (κ3) is 7.90. The van der Waals surface area contributed by atoms with Crippen LogP contribution in [0.3, 0.4) is 0 Å². The van der Waals surface area contributed by atoms with Gasteiger partial charge in [0.15, 0.2) is 0 Å². The van der Waals surface area contributed by atoms with Gasteiger partial charge in [0.1, 0.15) is 12.4 Å². The van der Waals surface area contributed by atoms with Gasteiger partial charge in [-0.2, -0.15) is 0 Å². The van der Waals surface area contributed by atoms with Crippen LogP contribution in [0, 0.1) is 24.2 Å². The Balaban J connectivity index is 1.40. The van der Waals surface area contributed by atoms with Gasteiger partial charge in [-0.3, -0.25) is 0 Å². The van der Waals surface area contributed by atoms with E-state index in [-0.39, 0.29) is 0 Å². The van der Waals surface area contributed by atoms with Crippen molar-refractivity contribution in [3.63, 3.8) is 0 Å². The number of hydrogen-bond acceptors (Lipinski definition) is 5. The Morgan fingerprint density at radius 2 is 1.39 bits per heavy atom. The second-order valence-electron chi connectivity index (χ2n) is 6.67. The molecular weight excluding hydrogens is 424 g/mol. The number of hydrogen-bond donors (Lipinski definition) is 0. The summed E-state index contributed by atoms with van der Waals surface area (Å²) in [7, 11) is 0. The van der Waals surface area contributed by atoms with Crippen molar-refractivity contribution in [2.45, 2.75) is 19.8 Å². The molecule has 0 aliphatic rings. The SMILES string of the molecule is C#Cc1ccc(-c2ccc(C#Cc3ccc(OCCOCCOCCCC)cc3)s2)s1. The molecule has 0 amide bonds. The molecule has 2 heterocycles. The standard InChI is InChI=1S/C26H26O3S2/c1-3-5-16-27-17-18-28-19-20-29-22-9-6-21(7-10-22)8-11-24-13-15-26(31-24)25-14-12-23(4-2)30-25/h2,6-7,9-10,12-15H,3,5,16-20H2,1H3. The largest absolute Gasteiger partial charge is 0.491 e. The van der Waals surface area contributed by atoms with Crippen molar-refractivity contribution < 1.29 is 14.2 Å². The normalized spacial score (nSPS) is 10.3. The molecule has 0 saturated heterocycles. The molecule has 3 aromatic rings. The van der Waals surface area contributed by atoms with Gasteiger partial charge >= 0.3 is 0 Å². The molecule has 0 fully saturated rings. The maximum atomic E-state index is 5.71. The van der Waals surface area contributed by atoms with Crippen LogP contribution in [0.2, 0.25) is 0 Å². The van der Waals surface area contributed by atoms with E-state index >= 15 is 0 Å². The van der Waals surface area contributed by atoms with Crippen molar-refractivity contribution in [3.8, 4) is 39.7 Å². The van der Waals surface area contributed by atoms with Gasteiger partial charge in [-0.25, -0.2) is 0 Å². The Bertz CT molecular complexity index is 1030. The van der Waals surface area contributed by atoms with Gasteiger partial charge in [-0.05, 0) is 55.0 Å². The fourth-order valence-electron chi connectivity index (χ4n) is 2.64. The quantitative estimate of drug-likeness (QED) is 0.262. The summed E-state index contributed by atoms with van der Waals surface area (Å²) in [4.78, 5) is 4.35. The number of rotatable bonds is 11. The van der Waals surface area contributed by atoms with Crippen LogP contribution in [0.5, 0.6) is 5.75 Å². The van der Waals surface area contributed by atoms with Crippen LogP contribution in [0.4, 0.5) is 0 Å². The third-order valence-corrected chi connectivity index (χ3v) is 6.51. The summed E-state index contributed by atoms with van der Waals surface area (Å²) in [5.41, 5.74) is 0.952. The molecule has 2 aromatic heterocycles. The van der Waals surface area contributed by atoms with Crippen LogP contribution >= 0.6 is 22.7 Å². The minimum Gasteiger partial charge on any atom is -0.491 e. The molecule has 0 aliphatic carbocycles. The monoisotopic (exact) mass is 450 g/mol. The molecule has 3 nitrogen and oxygen atoms in total. The predicted octanol–water partition coefficient (Wildman–Crippen LogP) is 6.07. The van der Waals surface area contributed by atoms with Crippen molar-refractivity contribution in [1.82, 2.24) is 0 Å². The Hall–Kier alpha value is -2.54. The lowest BCUT2D eigenvalue weighted by Gasteiger charge is -2.07. The lowest BCUT2D eigenvalue weighted by atomic mass is 10.2. The minimum absolute atomic E-state index is 0.516. The molecule has 0 radical (unpaired) electrons. The Morgan fingerprint density at radius 3 is 2.06 bits per heavy atom. The van der Waals surface area contributed by atoms with Crippen LogP contribution in [0.15, 0.2) is 48.5 Å². The highest BCUT2D eigenvalue weighted by Crippen LogP contribution is 2.33. The molecular formula is C26H26O3S2. The first-order valence-corrected chi connectivity index (χ1v) is 12.0. The van der Waals surface area contributed by atoms with Crippen LogP contribution in [0.1, 0.15) is 35.1 Å². The maximum absolute atomic E-state index is 5.71. The molecule has 1 aromatic carbocycles. The highest BCUT2D eigenvalue weighted by atomic mass is 32.1. The fourth-order valence-corrected chi connectivity index (χ4v) is 4.41. The number of unbranched alkanes of at least 4 members (excludes halogenated alkanes) is 1. The smallest absolute Gasteiger partial charge is 0.119 e. The average Bonchev–Trinajstić information content (AvgIpc) is 3.47. The number of benzene rings is 1.